The molecule has 104 valence electrons. The second kappa shape index (κ2) is 6.26. The van der Waals surface area contributed by atoms with Crippen molar-refractivity contribution in [1.82, 2.24) is 10.2 Å². The second-order valence-corrected chi connectivity index (χ2v) is 5.36. The van der Waals surface area contributed by atoms with Crippen molar-refractivity contribution in [2.75, 3.05) is 20.7 Å². The molecule has 1 aliphatic rings. The van der Waals surface area contributed by atoms with Crippen LogP contribution in [0.2, 0.25) is 5.02 Å². The van der Waals surface area contributed by atoms with Crippen molar-refractivity contribution >= 4 is 17.5 Å². The molecule has 19 heavy (non-hydrogen) atoms. The quantitative estimate of drug-likeness (QED) is 0.868. The lowest BCUT2D eigenvalue weighted by molar-refractivity contribution is -0.130. The number of carbonyl (C=O) groups is 1. The highest BCUT2D eigenvalue weighted by molar-refractivity contribution is 6.31. The molecular formula is C14H19ClN2O2. The van der Waals surface area contributed by atoms with Gasteiger partial charge in [-0.1, -0.05) is 17.7 Å². The van der Waals surface area contributed by atoms with Gasteiger partial charge in [0, 0.05) is 37.3 Å². The van der Waals surface area contributed by atoms with Crippen LogP contribution < -0.4 is 10.1 Å². The molecule has 0 unspecified atom stereocenters. The fraction of sp³-hybridized carbons (Fsp3) is 0.500. The SMILES string of the molecule is CN(C)C(=O)COc1cccc(Cl)c1CNC1CC1. The highest BCUT2D eigenvalue weighted by atomic mass is 35.5. The first-order chi connectivity index (χ1) is 9.08. The van der Waals surface area contributed by atoms with Gasteiger partial charge in [-0.05, 0) is 25.0 Å². The second-order valence-electron chi connectivity index (χ2n) is 4.95. The summed E-state index contributed by atoms with van der Waals surface area (Å²) in [5.41, 5.74) is 0.919. The summed E-state index contributed by atoms with van der Waals surface area (Å²) in [6, 6.07) is 6.12. The van der Waals surface area contributed by atoms with E-state index in [2.05, 4.69) is 5.32 Å². The predicted octanol–water partition coefficient (Wildman–Crippen LogP) is 2.06. The molecule has 1 aromatic rings. The third kappa shape index (κ3) is 4.11. The van der Waals surface area contributed by atoms with Crippen LogP contribution in [0.1, 0.15) is 18.4 Å². The molecule has 4 nitrogen and oxygen atoms in total. The molecule has 0 heterocycles. The van der Waals surface area contributed by atoms with E-state index >= 15 is 0 Å². The molecule has 1 aromatic carbocycles. The van der Waals surface area contributed by atoms with Crippen molar-refractivity contribution in [3.8, 4) is 5.75 Å². The zero-order chi connectivity index (χ0) is 13.8. The molecule has 5 heteroatoms. The van der Waals surface area contributed by atoms with Gasteiger partial charge < -0.3 is 15.0 Å². The van der Waals surface area contributed by atoms with E-state index in [-0.39, 0.29) is 12.5 Å². The minimum atomic E-state index is -0.0684. The van der Waals surface area contributed by atoms with E-state index in [0.717, 1.165) is 5.56 Å². The number of hydrogen-bond acceptors (Lipinski definition) is 3. The molecule has 1 aliphatic carbocycles. The van der Waals surface area contributed by atoms with Crippen LogP contribution in [0, 0.1) is 0 Å². The van der Waals surface area contributed by atoms with E-state index in [9.17, 15) is 4.79 Å². The number of hydrogen-bond donors (Lipinski definition) is 1. The predicted molar refractivity (Wildman–Crippen MR) is 75.5 cm³/mol. The van der Waals surface area contributed by atoms with Crippen LogP contribution in [0.4, 0.5) is 0 Å². The lowest BCUT2D eigenvalue weighted by Crippen LogP contribution is -2.28. The fourth-order valence-corrected chi connectivity index (χ4v) is 1.88. The molecule has 0 aromatic heterocycles. The number of likely N-dealkylation sites (N-methyl/N-ethyl adjacent to an activating group) is 1. The number of carbonyl (C=O) groups excluding carboxylic acids is 1. The maximum Gasteiger partial charge on any atom is 0.259 e. The molecule has 0 bridgehead atoms. The molecule has 0 atom stereocenters. The van der Waals surface area contributed by atoms with E-state index in [1.54, 1.807) is 14.1 Å². The van der Waals surface area contributed by atoms with Crippen LogP contribution in [0.5, 0.6) is 5.75 Å². The summed E-state index contributed by atoms with van der Waals surface area (Å²) in [4.78, 5) is 13.0. The molecule has 1 fully saturated rings. The first-order valence-electron chi connectivity index (χ1n) is 6.41. The van der Waals surface area contributed by atoms with Crippen molar-refractivity contribution in [2.45, 2.75) is 25.4 Å². The van der Waals surface area contributed by atoms with Gasteiger partial charge in [-0.2, -0.15) is 0 Å². The Morgan fingerprint density at radius 3 is 2.84 bits per heavy atom. The van der Waals surface area contributed by atoms with Crippen LogP contribution in [-0.4, -0.2) is 37.6 Å². The Hall–Kier alpha value is -1.26. The first kappa shape index (κ1) is 14.2. The van der Waals surface area contributed by atoms with Crippen molar-refractivity contribution in [3.63, 3.8) is 0 Å². The summed E-state index contributed by atoms with van der Waals surface area (Å²) < 4.78 is 5.58. The number of rotatable bonds is 6. The zero-order valence-electron chi connectivity index (χ0n) is 11.3. The molecule has 0 radical (unpaired) electrons. The lowest BCUT2D eigenvalue weighted by Gasteiger charge is -2.15. The molecule has 0 saturated heterocycles. The fourth-order valence-electron chi connectivity index (χ4n) is 1.65. The van der Waals surface area contributed by atoms with Crippen molar-refractivity contribution in [2.24, 2.45) is 0 Å². The average Bonchev–Trinajstić information content (AvgIpc) is 3.18. The van der Waals surface area contributed by atoms with Gasteiger partial charge in [0.25, 0.3) is 5.91 Å². The Balaban J connectivity index is 2.01. The first-order valence-corrected chi connectivity index (χ1v) is 6.79. The number of halogens is 1. The molecule has 0 aliphatic heterocycles. The van der Waals surface area contributed by atoms with Gasteiger partial charge in [-0.15, -0.1) is 0 Å². The highest BCUT2D eigenvalue weighted by Gasteiger charge is 2.21. The third-order valence-corrected chi connectivity index (χ3v) is 3.42. The summed E-state index contributed by atoms with van der Waals surface area (Å²) in [5.74, 6) is 0.608. The molecule has 1 amide bonds. The van der Waals surface area contributed by atoms with Crippen LogP contribution >= 0.6 is 11.6 Å². The van der Waals surface area contributed by atoms with E-state index in [1.165, 1.54) is 17.7 Å². The van der Waals surface area contributed by atoms with Crippen LogP contribution in [-0.2, 0) is 11.3 Å². The Morgan fingerprint density at radius 2 is 2.21 bits per heavy atom. The standard InChI is InChI=1S/C14H19ClN2O2/c1-17(2)14(18)9-19-13-5-3-4-12(15)11(13)8-16-10-6-7-10/h3-5,10,16H,6-9H2,1-2H3. The van der Waals surface area contributed by atoms with E-state index in [0.29, 0.717) is 23.4 Å². The number of nitrogens with zero attached hydrogens (tertiary/aromatic N) is 1. The van der Waals surface area contributed by atoms with Gasteiger partial charge in [-0.25, -0.2) is 0 Å². The topological polar surface area (TPSA) is 41.6 Å². The monoisotopic (exact) mass is 282 g/mol. The summed E-state index contributed by atoms with van der Waals surface area (Å²) >= 11 is 6.20. The number of ether oxygens (including phenoxy) is 1. The van der Waals surface area contributed by atoms with Crippen molar-refractivity contribution in [1.29, 1.82) is 0 Å². The van der Waals surface area contributed by atoms with Crippen LogP contribution in [0.3, 0.4) is 0 Å². The van der Waals surface area contributed by atoms with Gasteiger partial charge in [-0.3, -0.25) is 4.79 Å². The largest absolute Gasteiger partial charge is 0.483 e. The Bertz CT molecular complexity index is 459. The van der Waals surface area contributed by atoms with Crippen molar-refractivity contribution in [3.05, 3.63) is 28.8 Å². The highest BCUT2D eigenvalue weighted by Crippen LogP contribution is 2.28. The van der Waals surface area contributed by atoms with E-state index in [4.69, 9.17) is 16.3 Å². The Labute approximate surface area is 118 Å². The summed E-state index contributed by atoms with van der Waals surface area (Å²) in [6.07, 6.45) is 2.44. The minimum absolute atomic E-state index is 0.0315. The van der Waals surface area contributed by atoms with Crippen LogP contribution in [0.25, 0.3) is 0 Å². The minimum Gasteiger partial charge on any atom is -0.483 e. The lowest BCUT2D eigenvalue weighted by atomic mass is 10.2. The third-order valence-electron chi connectivity index (χ3n) is 3.07. The van der Waals surface area contributed by atoms with E-state index < -0.39 is 0 Å². The molecule has 1 N–H and O–H groups in total. The van der Waals surface area contributed by atoms with Crippen LogP contribution in [0.15, 0.2) is 18.2 Å². The Kier molecular flexibility index (Phi) is 4.66. The van der Waals surface area contributed by atoms with Gasteiger partial charge >= 0.3 is 0 Å². The summed E-state index contributed by atoms with van der Waals surface area (Å²) in [6.45, 7) is 0.708. The number of nitrogens with one attached hydrogen (secondary N) is 1. The Morgan fingerprint density at radius 1 is 1.47 bits per heavy atom. The molecule has 0 spiro atoms. The van der Waals surface area contributed by atoms with Crippen molar-refractivity contribution < 1.29 is 9.53 Å². The zero-order valence-corrected chi connectivity index (χ0v) is 12.0. The normalized spacial score (nSPS) is 14.3. The number of amides is 1. The van der Waals surface area contributed by atoms with Gasteiger partial charge in [0.1, 0.15) is 5.75 Å². The number of benzene rings is 1. The van der Waals surface area contributed by atoms with Gasteiger partial charge in [0.15, 0.2) is 6.61 Å². The van der Waals surface area contributed by atoms with Gasteiger partial charge in [0.2, 0.25) is 0 Å². The molecule has 1 saturated carbocycles. The maximum atomic E-state index is 11.5. The maximum absolute atomic E-state index is 11.5. The molecular weight excluding hydrogens is 264 g/mol. The summed E-state index contributed by atoms with van der Waals surface area (Å²) in [5, 5.41) is 4.07. The molecule has 2 rings (SSSR count). The van der Waals surface area contributed by atoms with E-state index in [1.807, 2.05) is 18.2 Å². The van der Waals surface area contributed by atoms with Gasteiger partial charge in [0.05, 0.1) is 0 Å². The average molecular weight is 283 g/mol. The summed E-state index contributed by atoms with van der Waals surface area (Å²) in [7, 11) is 3.42. The smallest absolute Gasteiger partial charge is 0.259 e.